The summed E-state index contributed by atoms with van der Waals surface area (Å²) in [4.78, 5) is 30.0. The van der Waals surface area contributed by atoms with Crippen molar-refractivity contribution in [3.63, 3.8) is 0 Å². The van der Waals surface area contributed by atoms with Gasteiger partial charge >= 0.3 is 0 Å². The quantitative estimate of drug-likeness (QED) is 0.567. The van der Waals surface area contributed by atoms with Crippen molar-refractivity contribution in [3.05, 3.63) is 58.6 Å². The Morgan fingerprint density at radius 2 is 1.89 bits per heavy atom. The van der Waals surface area contributed by atoms with Crippen LogP contribution in [-0.2, 0) is 0 Å². The van der Waals surface area contributed by atoms with Gasteiger partial charge in [-0.05, 0) is 24.3 Å². The molecule has 0 unspecified atom stereocenters. The lowest BCUT2D eigenvalue weighted by atomic mass is 10.3. The van der Waals surface area contributed by atoms with Gasteiger partial charge in [-0.3, -0.25) is 25.4 Å². The van der Waals surface area contributed by atoms with Crippen LogP contribution in [-0.4, -0.2) is 21.8 Å². The fraction of sp³-hybridized carbons (Fsp3) is 0. The molecule has 96 valence electrons. The van der Waals surface area contributed by atoms with E-state index in [-0.39, 0.29) is 11.3 Å². The Bertz CT molecular complexity index is 654. The predicted octanol–water partition coefficient (Wildman–Crippen LogP) is 1.21. The zero-order valence-corrected chi connectivity index (χ0v) is 10.5. The van der Waals surface area contributed by atoms with E-state index in [4.69, 9.17) is 12.2 Å². The molecule has 2 amide bonds. The summed E-state index contributed by atoms with van der Waals surface area (Å²) >= 11 is 4.96. The number of carbonyl (C=O) groups excluding carboxylic acids is 2. The molecular weight excluding hydrogens is 264 g/mol. The van der Waals surface area contributed by atoms with Crippen molar-refractivity contribution >= 4 is 24.0 Å². The van der Waals surface area contributed by atoms with E-state index in [1.54, 1.807) is 30.5 Å². The number of nitrogens with zero attached hydrogens (tertiary/aromatic N) is 1. The van der Waals surface area contributed by atoms with Crippen LogP contribution in [0.2, 0.25) is 0 Å². The summed E-state index contributed by atoms with van der Waals surface area (Å²) in [5.74, 6) is -0.995. The third-order valence-electron chi connectivity index (χ3n) is 2.25. The molecule has 19 heavy (non-hydrogen) atoms. The molecule has 3 N–H and O–H groups in total. The van der Waals surface area contributed by atoms with E-state index in [0.29, 0.717) is 4.64 Å². The summed E-state index contributed by atoms with van der Waals surface area (Å²) < 4.78 is 0.298. The normalized spacial score (nSPS) is 9.68. The molecule has 2 rings (SSSR count). The van der Waals surface area contributed by atoms with Gasteiger partial charge in [0.05, 0.1) is 5.56 Å². The molecule has 0 radical (unpaired) electrons. The van der Waals surface area contributed by atoms with Crippen molar-refractivity contribution in [2.45, 2.75) is 0 Å². The van der Waals surface area contributed by atoms with Crippen LogP contribution < -0.4 is 10.9 Å². The minimum absolute atomic E-state index is 0.209. The van der Waals surface area contributed by atoms with E-state index < -0.39 is 11.8 Å². The molecule has 0 aliphatic rings. The summed E-state index contributed by atoms with van der Waals surface area (Å²) in [5.41, 5.74) is 5.02. The third kappa shape index (κ3) is 3.23. The van der Waals surface area contributed by atoms with Crippen LogP contribution in [0.1, 0.15) is 20.8 Å². The number of aromatic nitrogens is 2. The lowest BCUT2D eigenvalue weighted by molar-refractivity contribution is 0.0843. The highest BCUT2D eigenvalue weighted by molar-refractivity contribution is 7.71. The van der Waals surface area contributed by atoms with Gasteiger partial charge in [0.15, 0.2) is 0 Å². The molecule has 0 fully saturated rings. The zero-order chi connectivity index (χ0) is 13.7. The topological polar surface area (TPSA) is 86.9 Å². The average molecular weight is 274 g/mol. The molecule has 2 heterocycles. The Kier molecular flexibility index (Phi) is 3.99. The van der Waals surface area contributed by atoms with Crippen molar-refractivity contribution in [3.8, 4) is 0 Å². The molecule has 0 saturated carbocycles. The summed E-state index contributed by atoms with van der Waals surface area (Å²) in [6.45, 7) is 0. The Labute approximate surface area is 113 Å². The van der Waals surface area contributed by atoms with Gasteiger partial charge in [-0.2, -0.15) is 0 Å². The number of pyridine rings is 2. The van der Waals surface area contributed by atoms with Gasteiger partial charge in [0.25, 0.3) is 11.8 Å². The number of hydrogen-bond donors (Lipinski definition) is 3. The second-order valence-electron chi connectivity index (χ2n) is 3.54. The van der Waals surface area contributed by atoms with Crippen LogP contribution >= 0.6 is 12.2 Å². The monoisotopic (exact) mass is 274 g/mol. The van der Waals surface area contributed by atoms with Gasteiger partial charge < -0.3 is 4.98 Å². The minimum Gasteiger partial charge on any atom is -0.352 e. The highest BCUT2D eigenvalue weighted by atomic mass is 32.1. The maximum absolute atomic E-state index is 11.8. The molecular formula is C12H10N4O2S. The number of H-pyrrole nitrogens is 1. The largest absolute Gasteiger partial charge is 0.352 e. The highest BCUT2D eigenvalue weighted by Gasteiger charge is 2.10. The molecule has 0 aliphatic carbocycles. The predicted molar refractivity (Wildman–Crippen MR) is 70.8 cm³/mol. The molecule has 0 atom stereocenters. The van der Waals surface area contributed by atoms with E-state index in [1.807, 2.05) is 0 Å². The maximum Gasteiger partial charge on any atom is 0.288 e. The standard InChI is InChI=1S/C12H10N4O2S/c17-10(8-4-3-7-14-12(8)19)15-16-11(18)9-5-1-2-6-13-9/h1-7H,(H,14,19)(H,15,17)(H,16,18). The van der Waals surface area contributed by atoms with Crippen molar-refractivity contribution in [1.29, 1.82) is 0 Å². The molecule has 0 aliphatic heterocycles. The summed E-state index contributed by atoms with van der Waals surface area (Å²) in [6.07, 6.45) is 3.11. The van der Waals surface area contributed by atoms with Gasteiger partial charge in [0.1, 0.15) is 10.3 Å². The summed E-state index contributed by atoms with van der Waals surface area (Å²) in [5, 5.41) is 0. The molecule has 2 aromatic rings. The first-order valence-corrected chi connectivity index (χ1v) is 5.79. The molecule has 0 bridgehead atoms. The molecule has 7 heteroatoms. The van der Waals surface area contributed by atoms with Crippen molar-refractivity contribution in [2.75, 3.05) is 0 Å². The van der Waals surface area contributed by atoms with Crippen LogP contribution in [0.3, 0.4) is 0 Å². The molecule has 6 nitrogen and oxygen atoms in total. The van der Waals surface area contributed by atoms with E-state index >= 15 is 0 Å². The van der Waals surface area contributed by atoms with Gasteiger partial charge in [0.2, 0.25) is 0 Å². The van der Waals surface area contributed by atoms with Crippen LogP contribution in [0.5, 0.6) is 0 Å². The SMILES string of the molecule is O=C(NNC(=O)c1ccc[nH]c1=S)c1ccccn1. The van der Waals surface area contributed by atoms with E-state index in [1.165, 1.54) is 12.3 Å². The summed E-state index contributed by atoms with van der Waals surface area (Å²) in [6, 6.07) is 8.11. The smallest absolute Gasteiger partial charge is 0.288 e. The maximum atomic E-state index is 11.8. The number of aromatic amines is 1. The van der Waals surface area contributed by atoms with Gasteiger partial charge in [-0.25, -0.2) is 0 Å². The number of hydrogen-bond acceptors (Lipinski definition) is 4. The molecule has 2 aromatic heterocycles. The zero-order valence-electron chi connectivity index (χ0n) is 9.71. The fourth-order valence-corrected chi connectivity index (χ4v) is 1.57. The summed E-state index contributed by atoms with van der Waals surface area (Å²) in [7, 11) is 0. The van der Waals surface area contributed by atoms with Crippen LogP contribution in [0.15, 0.2) is 42.7 Å². The molecule has 0 saturated heterocycles. The number of hydrazine groups is 1. The molecule has 0 spiro atoms. The number of carbonyl (C=O) groups is 2. The second kappa shape index (κ2) is 5.87. The minimum atomic E-state index is -0.500. The van der Waals surface area contributed by atoms with Gasteiger partial charge in [-0.1, -0.05) is 18.3 Å². The van der Waals surface area contributed by atoms with Crippen molar-refractivity contribution in [1.82, 2.24) is 20.8 Å². The first-order chi connectivity index (χ1) is 9.18. The van der Waals surface area contributed by atoms with Crippen LogP contribution in [0, 0.1) is 4.64 Å². The van der Waals surface area contributed by atoms with Gasteiger partial charge in [-0.15, -0.1) is 0 Å². The number of rotatable bonds is 2. The highest BCUT2D eigenvalue weighted by Crippen LogP contribution is 1.98. The van der Waals surface area contributed by atoms with Gasteiger partial charge in [0, 0.05) is 12.4 Å². The Hall–Kier alpha value is -2.54. The fourth-order valence-electron chi connectivity index (χ4n) is 1.34. The van der Waals surface area contributed by atoms with E-state index in [9.17, 15) is 9.59 Å². The van der Waals surface area contributed by atoms with E-state index in [2.05, 4.69) is 20.8 Å². The lowest BCUT2D eigenvalue weighted by Crippen LogP contribution is -2.42. The van der Waals surface area contributed by atoms with Crippen LogP contribution in [0.4, 0.5) is 0 Å². The number of nitrogens with one attached hydrogen (secondary N) is 3. The Morgan fingerprint density at radius 3 is 2.58 bits per heavy atom. The van der Waals surface area contributed by atoms with Crippen molar-refractivity contribution in [2.24, 2.45) is 0 Å². The molecule has 0 aromatic carbocycles. The van der Waals surface area contributed by atoms with Crippen LogP contribution in [0.25, 0.3) is 0 Å². The average Bonchev–Trinajstić information content (AvgIpc) is 2.46. The Morgan fingerprint density at radius 1 is 1.11 bits per heavy atom. The first kappa shape index (κ1) is 12.9. The first-order valence-electron chi connectivity index (χ1n) is 5.38. The van der Waals surface area contributed by atoms with E-state index in [0.717, 1.165) is 0 Å². The lowest BCUT2D eigenvalue weighted by Gasteiger charge is -2.06. The second-order valence-corrected chi connectivity index (χ2v) is 3.94. The van der Waals surface area contributed by atoms with Crippen molar-refractivity contribution < 1.29 is 9.59 Å². The Balaban J connectivity index is 2.00. The third-order valence-corrected chi connectivity index (χ3v) is 2.59. The number of amides is 2.